The number of carboxylic acids is 1. The summed E-state index contributed by atoms with van der Waals surface area (Å²) in [5.41, 5.74) is 4.80. The zero-order valence-corrected chi connectivity index (χ0v) is 10.6. The van der Waals surface area contributed by atoms with Crippen LogP contribution in [0.4, 0.5) is 0 Å². The molecule has 0 radical (unpaired) electrons. The molecule has 2 rings (SSSR count). The van der Waals surface area contributed by atoms with Gasteiger partial charge in [-0.15, -0.1) is 0 Å². The van der Waals surface area contributed by atoms with Gasteiger partial charge < -0.3 is 15.6 Å². The Morgan fingerprint density at radius 2 is 2.24 bits per heavy atom. The van der Waals surface area contributed by atoms with Crippen LogP contribution in [0.15, 0.2) is 0 Å². The maximum Gasteiger partial charge on any atom is 0.325 e. The molecular formula is C12H22N2O3. The lowest BCUT2D eigenvalue weighted by Gasteiger charge is -2.41. The van der Waals surface area contributed by atoms with Crippen molar-refractivity contribution in [3.05, 3.63) is 0 Å². The molecule has 0 aromatic heterocycles. The molecule has 0 spiro atoms. The topological polar surface area (TPSA) is 75.8 Å². The molecule has 1 atom stereocenters. The number of carbonyl (C=O) groups is 1. The van der Waals surface area contributed by atoms with Gasteiger partial charge in [0.1, 0.15) is 5.54 Å². The minimum Gasteiger partial charge on any atom is -0.480 e. The molecule has 1 aliphatic heterocycles. The number of rotatable bonds is 4. The number of hydrogen-bond acceptors (Lipinski definition) is 4. The third-order valence-corrected chi connectivity index (χ3v) is 3.69. The van der Waals surface area contributed by atoms with E-state index >= 15 is 0 Å². The van der Waals surface area contributed by atoms with Gasteiger partial charge in [0, 0.05) is 19.6 Å². The van der Waals surface area contributed by atoms with E-state index in [9.17, 15) is 9.90 Å². The molecule has 0 bridgehead atoms. The number of hydrogen-bond donors (Lipinski definition) is 2. The fourth-order valence-corrected chi connectivity index (χ4v) is 2.59. The van der Waals surface area contributed by atoms with Crippen LogP contribution in [0.2, 0.25) is 0 Å². The predicted octanol–water partition coefficient (Wildman–Crippen LogP) is 0.289. The first-order valence-electron chi connectivity index (χ1n) is 6.22. The molecular weight excluding hydrogens is 220 g/mol. The number of nitrogens with zero attached hydrogens (tertiary/aromatic N) is 1. The van der Waals surface area contributed by atoms with E-state index in [4.69, 9.17) is 10.5 Å². The summed E-state index contributed by atoms with van der Waals surface area (Å²) in [5.74, 6) is -0.727. The van der Waals surface area contributed by atoms with Crippen LogP contribution in [0.3, 0.4) is 0 Å². The normalized spacial score (nSPS) is 28.6. The smallest absolute Gasteiger partial charge is 0.325 e. The van der Waals surface area contributed by atoms with Crippen LogP contribution >= 0.6 is 0 Å². The number of morpholine rings is 1. The predicted molar refractivity (Wildman–Crippen MR) is 63.7 cm³/mol. The summed E-state index contributed by atoms with van der Waals surface area (Å²) in [6, 6.07) is 0. The molecule has 2 fully saturated rings. The monoisotopic (exact) mass is 242 g/mol. The van der Waals surface area contributed by atoms with Crippen LogP contribution in [-0.4, -0.2) is 53.4 Å². The van der Waals surface area contributed by atoms with Crippen molar-refractivity contribution in [2.45, 2.75) is 37.8 Å². The number of aliphatic carboxylic acids is 1. The molecule has 2 aliphatic rings. The fraction of sp³-hybridized carbons (Fsp3) is 0.917. The highest BCUT2D eigenvalue weighted by Crippen LogP contribution is 2.39. The van der Waals surface area contributed by atoms with Gasteiger partial charge in [0.2, 0.25) is 0 Å². The molecule has 3 N–H and O–H groups in total. The van der Waals surface area contributed by atoms with E-state index in [0.717, 1.165) is 25.9 Å². The van der Waals surface area contributed by atoms with E-state index < -0.39 is 11.5 Å². The van der Waals surface area contributed by atoms with Crippen molar-refractivity contribution in [1.82, 2.24) is 4.90 Å². The molecule has 0 aromatic rings. The molecule has 1 aliphatic carbocycles. The highest BCUT2D eigenvalue weighted by molar-refractivity contribution is 5.79. The highest BCUT2D eigenvalue weighted by Gasteiger charge is 2.49. The Morgan fingerprint density at radius 3 is 2.71 bits per heavy atom. The van der Waals surface area contributed by atoms with Crippen molar-refractivity contribution < 1.29 is 14.6 Å². The van der Waals surface area contributed by atoms with Gasteiger partial charge >= 0.3 is 5.97 Å². The van der Waals surface area contributed by atoms with Crippen LogP contribution in [0.25, 0.3) is 0 Å². The molecule has 0 amide bonds. The van der Waals surface area contributed by atoms with Gasteiger partial charge in [-0.3, -0.25) is 9.69 Å². The standard InChI is InChI=1S/C12H22N2O3/c1-11(2)7-14(5-6-17-11)8-12(13,10(15)16)9-3-4-9/h9H,3-8,13H2,1-2H3,(H,15,16). The van der Waals surface area contributed by atoms with Crippen molar-refractivity contribution in [2.24, 2.45) is 11.7 Å². The summed E-state index contributed by atoms with van der Waals surface area (Å²) in [5, 5.41) is 9.32. The van der Waals surface area contributed by atoms with Crippen molar-refractivity contribution >= 4 is 5.97 Å². The Balaban J connectivity index is 2.01. The fourth-order valence-electron chi connectivity index (χ4n) is 2.59. The Kier molecular flexibility index (Phi) is 3.18. The number of carboxylic acid groups (broad SMARTS) is 1. The second kappa shape index (κ2) is 4.23. The lowest BCUT2D eigenvalue weighted by molar-refractivity contribution is -0.147. The molecule has 5 nitrogen and oxygen atoms in total. The molecule has 0 aromatic carbocycles. The summed E-state index contributed by atoms with van der Waals surface area (Å²) in [6.07, 6.45) is 1.88. The van der Waals surface area contributed by atoms with Crippen LogP contribution < -0.4 is 5.73 Å². The van der Waals surface area contributed by atoms with Gasteiger partial charge in [0.05, 0.1) is 12.2 Å². The Labute approximate surface area is 102 Å². The summed E-state index contributed by atoms with van der Waals surface area (Å²) >= 11 is 0. The second-order valence-electron chi connectivity index (χ2n) is 5.94. The van der Waals surface area contributed by atoms with Gasteiger partial charge in [-0.2, -0.15) is 0 Å². The third kappa shape index (κ3) is 2.78. The number of ether oxygens (including phenoxy) is 1. The van der Waals surface area contributed by atoms with Gasteiger partial charge in [-0.25, -0.2) is 0 Å². The SMILES string of the molecule is CC1(C)CN(CC(N)(C(=O)O)C2CC2)CCO1. The molecule has 1 saturated heterocycles. The molecule has 1 saturated carbocycles. The van der Waals surface area contributed by atoms with Crippen LogP contribution in [0.1, 0.15) is 26.7 Å². The summed E-state index contributed by atoms with van der Waals surface area (Å²) in [4.78, 5) is 13.5. The van der Waals surface area contributed by atoms with Crippen LogP contribution in [-0.2, 0) is 9.53 Å². The van der Waals surface area contributed by atoms with Crippen LogP contribution in [0, 0.1) is 5.92 Å². The Bertz CT molecular complexity index is 315. The molecule has 17 heavy (non-hydrogen) atoms. The van der Waals surface area contributed by atoms with Gasteiger partial charge in [-0.05, 0) is 32.6 Å². The zero-order chi connectivity index (χ0) is 12.7. The maximum absolute atomic E-state index is 11.4. The molecule has 5 heteroatoms. The van der Waals surface area contributed by atoms with E-state index in [2.05, 4.69) is 4.90 Å². The largest absolute Gasteiger partial charge is 0.480 e. The minimum atomic E-state index is -1.08. The lowest BCUT2D eigenvalue weighted by atomic mass is 9.93. The van der Waals surface area contributed by atoms with E-state index in [1.54, 1.807) is 0 Å². The average molecular weight is 242 g/mol. The minimum absolute atomic E-state index is 0.144. The molecule has 1 heterocycles. The van der Waals surface area contributed by atoms with Crippen molar-refractivity contribution in [3.63, 3.8) is 0 Å². The van der Waals surface area contributed by atoms with E-state index in [1.165, 1.54) is 0 Å². The maximum atomic E-state index is 11.4. The average Bonchev–Trinajstić information content (AvgIpc) is 2.98. The first kappa shape index (κ1) is 12.8. The second-order valence-corrected chi connectivity index (χ2v) is 5.94. The van der Waals surface area contributed by atoms with Crippen LogP contribution in [0.5, 0.6) is 0 Å². The number of nitrogens with two attached hydrogens (primary N) is 1. The Hall–Kier alpha value is -0.650. The quantitative estimate of drug-likeness (QED) is 0.741. The first-order valence-corrected chi connectivity index (χ1v) is 6.22. The zero-order valence-electron chi connectivity index (χ0n) is 10.6. The summed E-state index contributed by atoms with van der Waals surface area (Å²) in [7, 11) is 0. The lowest BCUT2D eigenvalue weighted by Crippen LogP contribution is -2.61. The van der Waals surface area contributed by atoms with E-state index in [1.807, 2.05) is 13.8 Å². The van der Waals surface area contributed by atoms with Crippen molar-refractivity contribution in [2.75, 3.05) is 26.2 Å². The van der Waals surface area contributed by atoms with Crippen molar-refractivity contribution in [3.8, 4) is 0 Å². The third-order valence-electron chi connectivity index (χ3n) is 3.69. The summed E-state index contributed by atoms with van der Waals surface area (Å²) < 4.78 is 5.62. The van der Waals surface area contributed by atoms with Gasteiger partial charge in [0.15, 0.2) is 0 Å². The van der Waals surface area contributed by atoms with E-state index in [0.29, 0.717) is 13.2 Å². The summed E-state index contributed by atoms with van der Waals surface area (Å²) in [6.45, 7) is 6.63. The Morgan fingerprint density at radius 1 is 1.59 bits per heavy atom. The molecule has 1 unspecified atom stereocenters. The molecule has 98 valence electrons. The van der Waals surface area contributed by atoms with Gasteiger partial charge in [0.25, 0.3) is 0 Å². The first-order chi connectivity index (χ1) is 7.83. The highest BCUT2D eigenvalue weighted by atomic mass is 16.5. The van der Waals surface area contributed by atoms with Gasteiger partial charge in [-0.1, -0.05) is 0 Å². The van der Waals surface area contributed by atoms with Crippen molar-refractivity contribution in [1.29, 1.82) is 0 Å². The van der Waals surface area contributed by atoms with E-state index in [-0.39, 0.29) is 11.5 Å².